The van der Waals surface area contributed by atoms with Gasteiger partial charge in [0.2, 0.25) is 0 Å². The molecule has 0 unspecified atom stereocenters. The van der Waals surface area contributed by atoms with Crippen LogP contribution >= 0.6 is 23.1 Å². The van der Waals surface area contributed by atoms with E-state index in [1.54, 1.807) is 17.7 Å². The van der Waals surface area contributed by atoms with E-state index < -0.39 is 0 Å². The number of hydrogen-bond donors (Lipinski definition) is 0. The Bertz CT molecular complexity index is 901. The number of unbranched alkanes of at least 4 members (excludes halogenated alkanes) is 1. The molecule has 3 nitrogen and oxygen atoms in total. The van der Waals surface area contributed by atoms with Crippen molar-refractivity contribution in [3.8, 4) is 0 Å². The summed E-state index contributed by atoms with van der Waals surface area (Å²) >= 11 is 3.68. The number of rotatable bonds is 6. The topological polar surface area (TPSA) is 38.7 Å². The highest BCUT2D eigenvalue weighted by molar-refractivity contribution is 7.99. The van der Waals surface area contributed by atoms with E-state index in [-0.39, 0.29) is 0 Å². The van der Waals surface area contributed by atoms with Gasteiger partial charge in [0.15, 0.2) is 0 Å². The molecule has 0 aromatic carbocycles. The van der Waals surface area contributed by atoms with E-state index in [0.717, 1.165) is 29.1 Å². The second kappa shape index (κ2) is 7.58. The molecule has 5 heteroatoms. The molecule has 0 saturated heterocycles. The zero-order valence-electron chi connectivity index (χ0n) is 15.1. The van der Waals surface area contributed by atoms with E-state index in [4.69, 9.17) is 4.98 Å². The minimum Gasteiger partial charge on any atom is -0.242 e. The monoisotopic (exact) mass is 371 g/mol. The lowest BCUT2D eigenvalue weighted by Crippen LogP contribution is -2.09. The van der Waals surface area contributed by atoms with Crippen LogP contribution in [0, 0.1) is 0 Å². The smallest absolute Gasteiger partial charge is 0.126 e. The Hall–Kier alpha value is -1.20. The first kappa shape index (κ1) is 17.2. The number of thioether (sulfide) groups is 1. The van der Waals surface area contributed by atoms with E-state index in [9.17, 15) is 0 Å². The minimum absolute atomic E-state index is 1.09. The molecule has 25 heavy (non-hydrogen) atoms. The highest BCUT2D eigenvalue weighted by Gasteiger charge is 2.22. The summed E-state index contributed by atoms with van der Waals surface area (Å²) in [7, 11) is 0. The van der Waals surface area contributed by atoms with Gasteiger partial charge < -0.3 is 0 Å². The third-order valence-corrected chi connectivity index (χ3v) is 7.28. The third kappa shape index (κ3) is 3.17. The molecule has 0 amide bonds. The minimum atomic E-state index is 1.09. The van der Waals surface area contributed by atoms with Crippen molar-refractivity contribution in [3.05, 3.63) is 23.1 Å². The van der Waals surface area contributed by atoms with Gasteiger partial charge >= 0.3 is 0 Å². The Morgan fingerprint density at radius 1 is 1.08 bits per heavy atom. The third-order valence-electron chi connectivity index (χ3n) is 5.00. The van der Waals surface area contributed by atoms with Crippen LogP contribution in [0.2, 0.25) is 0 Å². The van der Waals surface area contributed by atoms with Crippen molar-refractivity contribution in [2.75, 3.05) is 5.75 Å². The van der Waals surface area contributed by atoms with Gasteiger partial charge in [-0.15, -0.1) is 23.1 Å². The van der Waals surface area contributed by atoms with Gasteiger partial charge in [0.1, 0.15) is 16.2 Å². The number of aryl methyl sites for hydroxylation is 2. The molecule has 0 atom stereocenters. The Labute approximate surface area is 157 Å². The van der Waals surface area contributed by atoms with Gasteiger partial charge in [-0.2, -0.15) is 0 Å². The van der Waals surface area contributed by atoms with E-state index in [1.807, 2.05) is 11.8 Å². The predicted molar refractivity (Wildman–Crippen MR) is 109 cm³/mol. The average molecular weight is 372 g/mol. The van der Waals surface area contributed by atoms with Crippen molar-refractivity contribution in [1.82, 2.24) is 15.0 Å². The summed E-state index contributed by atoms with van der Waals surface area (Å²) in [6.45, 7) is 4.49. The fourth-order valence-electron chi connectivity index (χ4n) is 3.78. The van der Waals surface area contributed by atoms with E-state index in [0.29, 0.717) is 0 Å². The number of nitrogens with zero attached hydrogens (tertiary/aromatic N) is 3. The maximum absolute atomic E-state index is 5.09. The average Bonchev–Trinajstić information content (AvgIpc) is 3.02. The van der Waals surface area contributed by atoms with Crippen molar-refractivity contribution in [3.63, 3.8) is 0 Å². The number of aromatic nitrogens is 3. The largest absolute Gasteiger partial charge is 0.242 e. The fraction of sp³-hybridized carbons (Fsp3) is 0.550. The first-order valence-electron chi connectivity index (χ1n) is 9.54. The van der Waals surface area contributed by atoms with Crippen molar-refractivity contribution >= 4 is 43.5 Å². The molecule has 1 aliphatic carbocycles. The van der Waals surface area contributed by atoms with Gasteiger partial charge in [0, 0.05) is 11.1 Å². The van der Waals surface area contributed by atoms with Gasteiger partial charge in [-0.1, -0.05) is 26.7 Å². The predicted octanol–water partition coefficient (Wildman–Crippen LogP) is 5.96. The second-order valence-electron chi connectivity index (χ2n) is 6.81. The van der Waals surface area contributed by atoms with Crippen molar-refractivity contribution in [2.45, 2.75) is 70.2 Å². The van der Waals surface area contributed by atoms with Gasteiger partial charge in [-0.25, -0.2) is 15.0 Å². The molecule has 4 rings (SSSR count). The second-order valence-corrected chi connectivity index (χ2v) is 8.90. The maximum Gasteiger partial charge on any atom is 0.126 e. The van der Waals surface area contributed by atoms with E-state index in [2.05, 4.69) is 23.8 Å². The summed E-state index contributed by atoms with van der Waals surface area (Å²) in [5.41, 5.74) is 5.54. The highest BCUT2D eigenvalue weighted by atomic mass is 32.2. The number of hydrogen-bond acceptors (Lipinski definition) is 5. The quantitative estimate of drug-likeness (QED) is 0.304. The molecule has 1 aliphatic rings. The first-order chi connectivity index (χ1) is 12.3. The zero-order chi connectivity index (χ0) is 17.2. The molecule has 0 fully saturated rings. The molecular formula is C20H25N3S2. The van der Waals surface area contributed by atoms with Gasteiger partial charge in [0.05, 0.1) is 10.2 Å². The molecule has 0 saturated carbocycles. The normalized spacial score (nSPS) is 14.3. The molecule has 0 aliphatic heterocycles. The molecule has 0 spiro atoms. The van der Waals surface area contributed by atoms with E-state index in [1.165, 1.54) is 70.3 Å². The van der Waals surface area contributed by atoms with Crippen LogP contribution in [0.5, 0.6) is 0 Å². The summed E-state index contributed by atoms with van der Waals surface area (Å²) < 4.78 is 1.24. The summed E-state index contributed by atoms with van der Waals surface area (Å²) in [5.74, 6) is 1.13. The molecule has 0 N–H and O–H groups in total. The summed E-state index contributed by atoms with van der Waals surface area (Å²) in [6, 6.07) is 0. The number of pyridine rings is 1. The standard InChI is InChI=1S/C20H25N3S2/c1-3-5-11-24-20-18-17(21-12-22-20)16-14-10-7-6-9-13(14)15(8-4-2)23-19(16)25-18/h12H,3-11H2,1-2H3. The van der Waals surface area contributed by atoms with Crippen molar-refractivity contribution < 1.29 is 0 Å². The lowest BCUT2D eigenvalue weighted by Gasteiger charge is -2.19. The fourth-order valence-corrected chi connectivity index (χ4v) is 6.12. The Morgan fingerprint density at radius 2 is 1.92 bits per heavy atom. The Kier molecular flexibility index (Phi) is 5.23. The molecule has 3 aromatic heterocycles. The van der Waals surface area contributed by atoms with Crippen molar-refractivity contribution in [2.24, 2.45) is 0 Å². The lowest BCUT2D eigenvalue weighted by atomic mass is 9.88. The lowest BCUT2D eigenvalue weighted by molar-refractivity contribution is 0.675. The number of fused-ring (bicyclic) bond motifs is 5. The van der Waals surface area contributed by atoms with E-state index >= 15 is 0 Å². The molecule has 132 valence electrons. The summed E-state index contributed by atoms with van der Waals surface area (Å²) in [6.07, 6.45) is 11.4. The van der Waals surface area contributed by atoms with Crippen molar-refractivity contribution in [1.29, 1.82) is 0 Å². The maximum atomic E-state index is 5.09. The Morgan fingerprint density at radius 3 is 2.72 bits per heavy atom. The van der Waals surface area contributed by atoms with Crippen LogP contribution in [-0.2, 0) is 19.3 Å². The van der Waals surface area contributed by atoms with Gasteiger partial charge in [-0.05, 0) is 55.4 Å². The van der Waals surface area contributed by atoms with Crippen LogP contribution in [0.15, 0.2) is 11.4 Å². The van der Waals surface area contributed by atoms with Crippen LogP contribution in [-0.4, -0.2) is 20.7 Å². The molecule has 3 heterocycles. The highest BCUT2D eigenvalue weighted by Crippen LogP contribution is 2.41. The van der Waals surface area contributed by atoms with Crippen LogP contribution < -0.4 is 0 Å². The van der Waals surface area contributed by atoms with Gasteiger partial charge in [-0.3, -0.25) is 0 Å². The van der Waals surface area contributed by atoms with Crippen LogP contribution in [0.1, 0.15) is 62.8 Å². The Balaban J connectivity index is 1.91. The SMILES string of the molecule is CCCCSc1ncnc2c1sc1nc(CCC)c3c(c12)CCCC3. The molecule has 0 radical (unpaired) electrons. The molecule has 0 bridgehead atoms. The first-order valence-corrected chi connectivity index (χ1v) is 11.3. The van der Waals surface area contributed by atoms with Gasteiger partial charge in [0.25, 0.3) is 0 Å². The molecule has 3 aromatic rings. The summed E-state index contributed by atoms with van der Waals surface area (Å²) in [5, 5.41) is 2.47. The molecular weight excluding hydrogens is 346 g/mol. The van der Waals surface area contributed by atoms with Crippen LogP contribution in [0.25, 0.3) is 20.4 Å². The summed E-state index contributed by atoms with van der Waals surface area (Å²) in [4.78, 5) is 15.5. The zero-order valence-corrected chi connectivity index (χ0v) is 16.7. The number of thiophene rings is 1. The van der Waals surface area contributed by atoms with Crippen LogP contribution in [0.3, 0.4) is 0 Å². The van der Waals surface area contributed by atoms with Crippen LogP contribution in [0.4, 0.5) is 0 Å².